The van der Waals surface area contributed by atoms with Crippen LogP contribution in [0.3, 0.4) is 0 Å². The fourth-order valence-electron chi connectivity index (χ4n) is 10.9. The molecule has 1 saturated carbocycles. The number of carbonyl (C=O) groups excluding carboxylic acids is 3. The summed E-state index contributed by atoms with van der Waals surface area (Å²) in [4.78, 5) is 45.6. The third kappa shape index (κ3) is 7.10. The zero-order valence-electron chi connectivity index (χ0n) is 34.1. The van der Waals surface area contributed by atoms with Gasteiger partial charge in [0.25, 0.3) is 5.91 Å². The number of halogens is 4. The van der Waals surface area contributed by atoms with Gasteiger partial charge < -0.3 is 19.6 Å². The molecule has 1 spiro atoms. The van der Waals surface area contributed by atoms with E-state index in [9.17, 15) is 32.8 Å². The number of likely N-dealkylation sites (tertiary alicyclic amines) is 1. The normalized spacial score (nSPS) is 24.5. The Bertz CT molecular complexity index is 2480. The first-order valence-corrected chi connectivity index (χ1v) is 21.6. The van der Waals surface area contributed by atoms with E-state index in [0.29, 0.717) is 71.4 Å². The Morgan fingerprint density at radius 2 is 1.70 bits per heavy atom. The lowest BCUT2D eigenvalue weighted by atomic mass is 9.71. The molecule has 11 nitrogen and oxygen atoms in total. The number of alkyl halides is 3. The van der Waals surface area contributed by atoms with Crippen molar-refractivity contribution in [3.05, 3.63) is 82.3 Å². The maximum atomic E-state index is 16.2. The van der Waals surface area contributed by atoms with E-state index in [4.69, 9.17) is 0 Å². The Morgan fingerprint density at radius 1 is 0.951 bits per heavy atom. The molecule has 5 aliphatic heterocycles. The number of aromatic nitrogens is 2. The van der Waals surface area contributed by atoms with Gasteiger partial charge in [0, 0.05) is 73.3 Å². The van der Waals surface area contributed by atoms with E-state index >= 15 is 4.39 Å². The molecule has 0 radical (unpaired) electrons. The van der Waals surface area contributed by atoms with Gasteiger partial charge in [0.2, 0.25) is 11.8 Å². The highest BCUT2D eigenvalue weighted by Gasteiger charge is 2.47. The Hall–Kier alpha value is -5.49. The molecule has 3 amide bonds. The molecule has 15 heteroatoms. The first kappa shape index (κ1) is 39.6. The summed E-state index contributed by atoms with van der Waals surface area (Å²) < 4.78 is 61.3. The number of fused-ring (bicyclic) bond motifs is 2. The van der Waals surface area contributed by atoms with Gasteiger partial charge in [0.05, 0.1) is 40.6 Å². The van der Waals surface area contributed by atoms with Gasteiger partial charge in [0.15, 0.2) is 5.82 Å². The molecule has 4 aromatic rings. The summed E-state index contributed by atoms with van der Waals surface area (Å²) in [6.07, 6.45) is 2.66. The molecular formula is C46H48F4N8O3. The van der Waals surface area contributed by atoms with Gasteiger partial charge in [-0.1, -0.05) is 12.1 Å². The van der Waals surface area contributed by atoms with Crippen molar-refractivity contribution in [3.8, 4) is 11.8 Å². The molecule has 1 aromatic heterocycles. The third-order valence-electron chi connectivity index (χ3n) is 14.6. The van der Waals surface area contributed by atoms with Crippen molar-refractivity contribution in [2.45, 2.75) is 83.0 Å². The average Bonchev–Trinajstić information content (AvgIpc) is 3.80. The van der Waals surface area contributed by atoms with E-state index in [1.165, 1.54) is 17.2 Å². The number of amides is 3. The number of aryl methyl sites for hydroxylation is 1. The minimum absolute atomic E-state index is 0.00357. The molecular weight excluding hydrogens is 789 g/mol. The summed E-state index contributed by atoms with van der Waals surface area (Å²) >= 11 is 0. The Balaban J connectivity index is 0.743. The van der Waals surface area contributed by atoms with E-state index in [1.807, 2.05) is 31.2 Å². The van der Waals surface area contributed by atoms with Crippen molar-refractivity contribution in [3.63, 3.8) is 0 Å². The van der Waals surface area contributed by atoms with E-state index in [1.54, 1.807) is 16.8 Å². The molecule has 1 N–H and O–H groups in total. The Labute approximate surface area is 351 Å². The lowest BCUT2D eigenvalue weighted by molar-refractivity contribution is -0.137. The predicted molar refractivity (Wildman–Crippen MR) is 220 cm³/mol. The molecule has 6 heterocycles. The summed E-state index contributed by atoms with van der Waals surface area (Å²) in [5.74, 6) is -0.882. The lowest BCUT2D eigenvalue weighted by Crippen LogP contribution is -2.60. The summed E-state index contributed by atoms with van der Waals surface area (Å²) in [5.41, 5.74) is 3.82. The highest BCUT2D eigenvalue weighted by atomic mass is 19.4. The van der Waals surface area contributed by atoms with Crippen LogP contribution >= 0.6 is 0 Å². The first-order chi connectivity index (χ1) is 29.3. The van der Waals surface area contributed by atoms with Crippen LogP contribution in [-0.2, 0) is 22.3 Å². The van der Waals surface area contributed by atoms with Gasteiger partial charge in [-0.3, -0.25) is 19.7 Å². The number of nitriles is 1. The number of hydrogen-bond acceptors (Lipinski definition) is 8. The monoisotopic (exact) mass is 836 g/mol. The van der Waals surface area contributed by atoms with Crippen molar-refractivity contribution in [1.82, 2.24) is 24.9 Å². The molecule has 61 heavy (non-hydrogen) atoms. The number of anilines is 2. The maximum Gasteiger partial charge on any atom is 0.417 e. The van der Waals surface area contributed by atoms with E-state index in [-0.39, 0.29) is 53.8 Å². The van der Waals surface area contributed by atoms with E-state index in [2.05, 4.69) is 31.2 Å². The zero-order valence-corrected chi connectivity index (χ0v) is 34.1. The molecule has 1 unspecified atom stereocenters. The maximum absolute atomic E-state index is 16.2. The summed E-state index contributed by atoms with van der Waals surface area (Å²) in [6.45, 7) is 7.42. The lowest BCUT2D eigenvalue weighted by Gasteiger charge is -2.55. The molecule has 5 fully saturated rings. The van der Waals surface area contributed by atoms with Crippen LogP contribution < -0.4 is 15.1 Å². The number of nitrogens with one attached hydrogen (secondary N) is 1. The number of imide groups is 1. The second-order valence-corrected chi connectivity index (χ2v) is 18.5. The summed E-state index contributed by atoms with van der Waals surface area (Å²) in [7, 11) is 0. The van der Waals surface area contributed by atoms with Crippen molar-refractivity contribution >= 4 is 40.0 Å². The average molecular weight is 837 g/mol. The van der Waals surface area contributed by atoms with Crippen LogP contribution in [0.25, 0.3) is 16.6 Å². The van der Waals surface area contributed by atoms with Crippen LogP contribution in [0.2, 0.25) is 0 Å². The van der Waals surface area contributed by atoms with E-state index < -0.39 is 29.5 Å². The van der Waals surface area contributed by atoms with Gasteiger partial charge in [-0.25, -0.2) is 9.07 Å². The van der Waals surface area contributed by atoms with Gasteiger partial charge in [-0.2, -0.15) is 23.5 Å². The molecule has 1 aliphatic carbocycles. The largest absolute Gasteiger partial charge is 0.417 e. The summed E-state index contributed by atoms with van der Waals surface area (Å²) in [5, 5.41) is 16.2. The van der Waals surface area contributed by atoms with Crippen molar-refractivity contribution in [2.24, 2.45) is 17.3 Å². The van der Waals surface area contributed by atoms with Gasteiger partial charge >= 0.3 is 6.18 Å². The molecule has 6 aliphatic rings. The number of nitrogens with zero attached hydrogens (tertiary/aromatic N) is 7. The zero-order chi connectivity index (χ0) is 42.4. The van der Waals surface area contributed by atoms with Crippen LogP contribution in [0.1, 0.15) is 89.9 Å². The number of hydrogen-bond donors (Lipinski definition) is 1. The molecule has 1 atom stereocenters. The Kier molecular flexibility index (Phi) is 9.65. The molecule has 3 aromatic carbocycles. The van der Waals surface area contributed by atoms with Crippen molar-refractivity contribution < 1.29 is 31.9 Å². The number of piperidine rings is 3. The molecule has 318 valence electrons. The fraction of sp³-hybridized carbons (Fsp3) is 0.500. The molecule has 4 saturated heterocycles. The minimum Gasteiger partial charge on any atom is -0.370 e. The van der Waals surface area contributed by atoms with Crippen LogP contribution in [0.15, 0.2) is 48.7 Å². The first-order valence-electron chi connectivity index (χ1n) is 21.6. The highest BCUT2D eigenvalue weighted by molar-refractivity contribution is 6.06. The topological polar surface area (TPSA) is 118 Å². The smallest absolute Gasteiger partial charge is 0.370 e. The minimum atomic E-state index is -4.54. The van der Waals surface area contributed by atoms with Crippen molar-refractivity contribution in [2.75, 3.05) is 55.6 Å². The van der Waals surface area contributed by atoms with Crippen LogP contribution in [0.5, 0.6) is 0 Å². The standard InChI is InChI=1S/C46H48F4N8O3/c1-27-15-39(42(47)35-23-57(44(61)41(27)35)38-5-6-40(59)52-43(38)60)55-11-7-28(8-12-55)22-54-13-9-45(10-14-54)25-56(26-45)33-19-36(46(48,49)50)34-24-58(53-37(34)20-33)32-4-2-3-30(18-32)31-16-29(17-31)21-51/h2-4,15,18-20,24,28-29,31,38H,5-14,16-17,22-23,25-26H2,1H3,(H,52,59,60). The fourth-order valence-corrected chi connectivity index (χ4v) is 10.9. The predicted octanol–water partition coefficient (Wildman–Crippen LogP) is 7.09. The quantitative estimate of drug-likeness (QED) is 0.155. The second-order valence-electron chi connectivity index (χ2n) is 18.5. The SMILES string of the molecule is Cc1cc(N2CCC(CN3CCC4(CC3)CN(c3cc(C(F)(F)F)c5cn(-c6cccc(C7CC(C#N)C7)c6)nc5c3)C4)CC2)c(F)c2c1C(=O)N(C1CCC(=O)NC1=O)C2. The van der Waals surface area contributed by atoms with Crippen LogP contribution in [0.4, 0.5) is 28.9 Å². The van der Waals surface area contributed by atoms with Crippen LogP contribution in [0, 0.1) is 41.3 Å². The Morgan fingerprint density at radius 3 is 2.41 bits per heavy atom. The van der Waals surface area contributed by atoms with Crippen molar-refractivity contribution in [1.29, 1.82) is 5.26 Å². The second kappa shape index (κ2) is 14.9. The van der Waals surface area contributed by atoms with Gasteiger partial charge in [0.1, 0.15) is 6.04 Å². The molecule has 0 bridgehead atoms. The summed E-state index contributed by atoms with van der Waals surface area (Å²) in [6, 6.07) is 14.1. The third-order valence-corrected chi connectivity index (χ3v) is 14.6. The van der Waals surface area contributed by atoms with Crippen LogP contribution in [-0.4, -0.2) is 89.2 Å². The molecule has 10 rings (SSSR count). The number of carbonyl (C=O) groups is 3. The van der Waals surface area contributed by atoms with E-state index in [0.717, 1.165) is 63.7 Å². The number of rotatable bonds is 7. The number of benzene rings is 3. The van der Waals surface area contributed by atoms with Gasteiger partial charge in [-0.15, -0.1) is 0 Å². The van der Waals surface area contributed by atoms with Gasteiger partial charge in [-0.05, 0) is 118 Å². The highest BCUT2D eigenvalue weighted by Crippen LogP contribution is 2.46.